The molecule has 1 fully saturated rings. The third-order valence-corrected chi connectivity index (χ3v) is 5.98. The molecule has 2 aromatic rings. The molecule has 10 nitrogen and oxygen atoms in total. The molecule has 4 atom stereocenters. The number of hydrogen-bond acceptors (Lipinski definition) is 7. The van der Waals surface area contributed by atoms with Crippen molar-refractivity contribution < 1.29 is 34.8 Å². The monoisotopic (exact) mass is 547 g/mol. The Bertz CT molecular complexity index is 923. The number of benzene rings is 2. The van der Waals surface area contributed by atoms with Crippen LogP contribution < -0.4 is 16.8 Å². The fourth-order valence-corrected chi connectivity index (χ4v) is 3.28. The van der Waals surface area contributed by atoms with E-state index < -0.39 is 30.0 Å². The van der Waals surface area contributed by atoms with E-state index in [4.69, 9.17) is 31.9 Å². The number of aryl methyl sites for hydroxylation is 1. The summed E-state index contributed by atoms with van der Waals surface area (Å²) in [5.41, 5.74) is 12.9. The van der Waals surface area contributed by atoms with E-state index in [0.29, 0.717) is 6.42 Å². The number of carboxylic acids is 3. The molecule has 0 amide bonds. The second-order valence-electron chi connectivity index (χ2n) is 9.18. The molecule has 10 heteroatoms. The number of carbonyl (C=O) groups is 3. The van der Waals surface area contributed by atoms with Gasteiger partial charge in [0.1, 0.15) is 18.1 Å². The van der Waals surface area contributed by atoms with Gasteiger partial charge >= 0.3 is 17.9 Å². The fourth-order valence-electron chi connectivity index (χ4n) is 3.28. The standard InChI is InChI=1S/C9H11NO2.C9H12O.C6H13NO2.C5H9NO2/c10-8(9(11)12)6-7-4-2-1-3-5-7;10-8-4-7-9-5-2-1-3-6-9;1-3-4(2)5(7)6(8)9;7-5(8)4-2-1-3-6-4/h1-5,8H,6,10H2,(H,11,12);1-3,5-6,10H,4,7-8H2;4-5H,3,7H2,1-2H3,(H,8,9);4,6H,1-3H2,(H,7,8)/t;;;4-/m...0/s1. The largest absolute Gasteiger partial charge is 0.480 e. The van der Waals surface area contributed by atoms with Gasteiger partial charge in [-0.3, -0.25) is 14.4 Å². The molecule has 0 aromatic heterocycles. The summed E-state index contributed by atoms with van der Waals surface area (Å²) in [6, 6.07) is 17.8. The van der Waals surface area contributed by atoms with Gasteiger partial charge in [-0.25, -0.2) is 0 Å². The first-order valence-electron chi connectivity index (χ1n) is 13.1. The van der Waals surface area contributed by atoms with Crippen LogP contribution in [-0.4, -0.2) is 69.6 Å². The molecule has 0 saturated carbocycles. The Morgan fingerprint density at radius 3 is 1.79 bits per heavy atom. The van der Waals surface area contributed by atoms with E-state index in [1.165, 1.54) is 5.56 Å². The van der Waals surface area contributed by atoms with Crippen molar-refractivity contribution >= 4 is 17.9 Å². The summed E-state index contributed by atoms with van der Waals surface area (Å²) >= 11 is 0. The van der Waals surface area contributed by atoms with E-state index in [0.717, 1.165) is 44.2 Å². The van der Waals surface area contributed by atoms with E-state index in [2.05, 4.69) is 17.4 Å². The van der Waals surface area contributed by atoms with Crippen LogP contribution in [0.25, 0.3) is 0 Å². The Morgan fingerprint density at radius 2 is 1.46 bits per heavy atom. The van der Waals surface area contributed by atoms with Gasteiger partial charge in [0.15, 0.2) is 0 Å². The van der Waals surface area contributed by atoms with Gasteiger partial charge in [0.05, 0.1) is 0 Å². The predicted octanol–water partition coefficient (Wildman–Crippen LogP) is 2.52. The van der Waals surface area contributed by atoms with Crippen LogP contribution in [0.3, 0.4) is 0 Å². The molecule has 3 unspecified atom stereocenters. The zero-order valence-corrected chi connectivity index (χ0v) is 22.9. The van der Waals surface area contributed by atoms with Crippen molar-refractivity contribution in [3.63, 3.8) is 0 Å². The maximum Gasteiger partial charge on any atom is 0.320 e. The van der Waals surface area contributed by atoms with Crippen molar-refractivity contribution in [2.75, 3.05) is 13.2 Å². The highest BCUT2D eigenvalue weighted by atomic mass is 16.4. The lowest BCUT2D eigenvalue weighted by Gasteiger charge is -2.11. The van der Waals surface area contributed by atoms with Crippen LogP contribution in [0.4, 0.5) is 0 Å². The van der Waals surface area contributed by atoms with Gasteiger partial charge in [-0.1, -0.05) is 80.9 Å². The topological polar surface area (TPSA) is 196 Å². The minimum atomic E-state index is -0.959. The molecular weight excluding hydrogens is 502 g/mol. The maximum atomic E-state index is 10.4. The number of aliphatic hydroxyl groups excluding tert-OH is 1. The molecule has 39 heavy (non-hydrogen) atoms. The lowest BCUT2D eigenvalue weighted by atomic mass is 10.0. The minimum Gasteiger partial charge on any atom is -0.480 e. The Morgan fingerprint density at radius 1 is 0.923 bits per heavy atom. The van der Waals surface area contributed by atoms with E-state index in [1.807, 2.05) is 62.4 Å². The zero-order chi connectivity index (χ0) is 29.6. The van der Waals surface area contributed by atoms with Crippen molar-refractivity contribution in [1.82, 2.24) is 5.32 Å². The van der Waals surface area contributed by atoms with Gasteiger partial charge in [-0.15, -0.1) is 0 Å². The molecule has 218 valence electrons. The number of hydrogen-bond donors (Lipinski definition) is 7. The van der Waals surface area contributed by atoms with Crippen LogP contribution in [0.5, 0.6) is 0 Å². The highest BCUT2D eigenvalue weighted by Gasteiger charge is 2.20. The van der Waals surface area contributed by atoms with Gasteiger partial charge in [0.25, 0.3) is 0 Å². The van der Waals surface area contributed by atoms with E-state index in [9.17, 15) is 14.4 Å². The van der Waals surface area contributed by atoms with Crippen LogP contribution in [0.2, 0.25) is 0 Å². The summed E-state index contributed by atoms with van der Waals surface area (Å²) in [6.45, 7) is 4.90. The smallest absolute Gasteiger partial charge is 0.320 e. The number of carboxylic acid groups (broad SMARTS) is 3. The highest BCUT2D eigenvalue weighted by molar-refractivity contribution is 5.74. The van der Waals surface area contributed by atoms with Gasteiger partial charge in [-0.2, -0.15) is 0 Å². The molecule has 0 aliphatic carbocycles. The summed E-state index contributed by atoms with van der Waals surface area (Å²) in [5.74, 6) is -2.52. The van der Waals surface area contributed by atoms with Crippen molar-refractivity contribution in [3.05, 3.63) is 71.8 Å². The molecule has 9 N–H and O–H groups in total. The van der Waals surface area contributed by atoms with Gasteiger partial charge in [0, 0.05) is 6.61 Å². The first-order valence-corrected chi connectivity index (χ1v) is 13.1. The number of nitrogens with two attached hydrogens (primary N) is 2. The van der Waals surface area contributed by atoms with Crippen molar-refractivity contribution in [1.29, 1.82) is 0 Å². The van der Waals surface area contributed by atoms with Crippen LogP contribution in [0, 0.1) is 5.92 Å². The Balaban J connectivity index is 0.000000499. The van der Waals surface area contributed by atoms with Gasteiger partial charge in [0.2, 0.25) is 0 Å². The number of aliphatic carboxylic acids is 3. The van der Waals surface area contributed by atoms with E-state index >= 15 is 0 Å². The summed E-state index contributed by atoms with van der Waals surface area (Å²) in [7, 11) is 0. The third kappa shape index (κ3) is 17.8. The first-order chi connectivity index (χ1) is 18.5. The number of nitrogens with one attached hydrogen (secondary N) is 1. The summed E-state index contributed by atoms with van der Waals surface area (Å²) in [4.78, 5) is 30.7. The third-order valence-electron chi connectivity index (χ3n) is 5.98. The van der Waals surface area contributed by atoms with E-state index in [-0.39, 0.29) is 18.6 Å². The van der Waals surface area contributed by atoms with E-state index in [1.54, 1.807) is 0 Å². The molecule has 1 heterocycles. The summed E-state index contributed by atoms with van der Waals surface area (Å²) < 4.78 is 0. The van der Waals surface area contributed by atoms with Crippen LogP contribution >= 0.6 is 0 Å². The Labute approximate surface area is 231 Å². The number of rotatable bonds is 10. The molecular formula is C29H45N3O7. The molecule has 0 bridgehead atoms. The van der Waals surface area contributed by atoms with Crippen molar-refractivity contribution in [2.24, 2.45) is 17.4 Å². The van der Waals surface area contributed by atoms with Crippen molar-refractivity contribution in [2.45, 2.75) is 70.5 Å². The lowest BCUT2D eigenvalue weighted by Crippen LogP contribution is -2.36. The molecule has 1 aliphatic heterocycles. The highest BCUT2D eigenvalue weighted by Crippen LogP contribution is 2.05. The van der Waals surface area contributed by atoms with Gasteiger partial charge < -0.3 is 37.2 Å². The van der Waals surface area contributed by atoms with Gasteiger partial charge in [-0.05, 0) is 55.7 Å². The van der Waals surface area contributed by atoms with Crippen molar-refractivity contribution in [3.8, 4) is 0 Å². The Hall–Kier alpha value is -3.31. The lowest BCUT2D eigenvalue weighted by molar-refractivity contribution is -0.140. The first kappa shape index (κ1) is 35.7. The average molecular weight is 548 g/mol. The number of aliphatic hydroxyl groups is 1. The molecule has 0 radical (unpaired) electrons. The quantitative estimate of drug-likeness (QED) is 0.232. The average Bonchev–Trinajstić information content (AvgIpc) is 3.49. The van der Waals surface area contributed by atoms with Crippen LogP contribution in [0.1, 0.15) is 50.7 Å². The summed E-state index contributed by atoms with van der Waals surface area (Å²) in [5, 5.41) is 36.6. The second kappa shape index (κ2) is 21.6. The summed E-state index contributed by atoms with van der Waals surface area (Å²) in [6.07, 6.45) is 4.83. The Kier molecular flexibility index (Phi) is 19.8. The molecule has 1 aliphatic rings. The maximum absolute atomic E-state index is 10.4. The van der Waals surface area contributed by atoms with Crippen LogP contribution in [0.15, 0.2) is 60.7 Å². The second-order valence-corrected chi connectivity index (χ2v) is 9.18. The molecule has 0 spiro atoms. The molecule has 1 saturated heterocycles. The normalized spacial score (nSPS) is 16.0. The predicted molar refractivity (Wildman–Crippen MR) is 151 cm³/mol. The van der Waals surface area contributed by atoms with Crippen LogP contribution in [-0.2, 0) is 27.2 Å². The SMILES string of the molecule is CCC(C)C(N)C(=O)O.NC(Cc1ccccc1)C(=O)O.O=C(O)[C@@H]1CCCN1.OCCCc1ccccc1. The minimum absolute atomic E-state index is 0.0718. The molecule has 2 aromatic carbocycles. The molecule has 3 rings (SSSR count). The fraction of sp³-hybridized carbons (Fsp3) is 0.483. The zero-order valence-electron chi connectivity index (χ0n) is 22.9.